The second kappa shape index (κ2) is 9.88. The van der Waals surface area contributed by atoms with E-state index in [1.165, 1.54) is 18.4 Å². The summed E-state index contributed by atoms with van der Waals surface area (Å²) in [4.78, 5) is 30.9. The Morgan fingerprint density at radius 2 is 2.06 bits per heavy atom. The molecule has 1 aromatic carbocycles. The average Bonchev–Trinajstić information content (AvgIpc) is 3.20. The van der Waals surface area contributed by atoms with Gasteiger partial charge in [0.25, 0.3) is 5.91 Å². The van der Waals surface area contributed by atoms with Crippen LogP contribution >= 0.6 is 22.9 Å². The van der Waals surface area contributed by atoms with Crippen LogP contribution in [0.25, 0.3) is 10.3 Å². The maximum absolute atomic E-state index is 12.0. The van der Waals surface area contributed by atoms with E-state index in [1.54, 1.807) is 36.5 Å². The summed E-state index contributed by atoms with van der Waals surface area (Å²) >= 11 is 7.51. The van der Waals surface area contributed by atoms with E-state index in [-0.39, 0.29) is 6.61 Å². The molecule has 164 valence electrons. The number of halogens is 1. The Bertz CT molecular complexity index is 1270. The molecule has 0 radical (unpaired) electrons. The molecule has 0 atom stereocenters. The molecule has 0 aliphatic heterocycles. The highest BCUT2D eigenvalue weighted by molar-refractivity contribution is 7.21. The van der Waals surface area contributed by atoms with Gasteiger partial charge in [-0.25, -0.2) is 20.4 Å². The Morgan fingerprint density at radius 3 is 2.88 bits per heavy atom. The minimum Gasteiger partial charge on any atom is -0.392 e. The number of nitrogens with one attached hydrogen (secondary N) is 3. The number of aliphatic hydroxyl groups is 1. The van der Waals surface area contributed by atoms with E-state index in [0.29, 0.717) is 28.1 Å². The van der Waals surface area contributed by atoms with E-state index in [0.717, 1.165) is 27.3 Å². The number of hydroxylamine groups is 1. The van der Waals surface area contributed by atoms with Crippen LogP contribution in [0.2, 0.25) is 5.02 Å². The summed E-state index contributed by atoms with van der Waals surface area (Å²) in [6, 6.07) is 12.4. The number of benzene rings is 1. The summed E-state index contributed by atoms with van der Waals surface area (Å²) in [6.45, 7) is 0.394. The van der Waals surface area contributed by atoms with Crippen molar-refractivity contribution in [3.63, 3.8) is 0 Å². The van der Waals surface area contributed by atoms with Crippen molar-refractivity contribution in [3.8, 4) is 0 Å². The van der Waals surface area contributed by atoms with Crippen molar-refractivity contribution in [1.82, 2.24) is 20.4 Å². The molecule has 4 rings (SSSR count). The number of hydrogen-bond acceptors (Lipinski definition) is 9. The van der Waals surface area contributed by atoms with Gasteiger partial charge in [0.15, 0.2) is 5.13 Å². The second-order valence-corrected chi connectivity index (χ2v) is 8.05. The van der Waals surface area contributed by atoms with Gasteiger partial charge in [0.2, 0.25) is 0 Å². The molecule has 0 fully saturated rings. The minimum atomic E-state index is -0.426. The van der Waals surface area contributed by atoms with E-state index in [2.05, 4.69) is 35.9 Å². The molecule has 0 spiro atoms. The fourth-order valence-corrected chi connectivity index (χ4v) is 3.97. The van der Waals surface area contributed by atoms with Crippen molar-refractivity contribution in [1.29, 1.82) is 0 Å². The third kappa shape index (κ3) is 5.11. The summed E-state index contributed by atoms with van der Waals surface area (Å²) in [6.07, 6.45) is 1.63. The second-order valence-electron chi connectivity index (χ2n) is 6.66. The Labute approximate surface area is 192 Å². The molecule has 11 heteroatoms. The number of anilines is 3. The molecule has 9 nitrogen and oxygen atoms in total. The number of rotatable bonds is 8. The van der Waals surface area contributed by atoms with Crippen LogP contribution in [0.1, 0.15) is 21.6 Å². The molecule has 4 N–H and O–H groups in total. The Balaban J connectivity index is 1.46. The number of hydrogen-bond donors (Lipinski definition) is 4. The van der Waals surface area contributed by atoms with Gasteiger partial charge >= 0.3 is 0 Å². The fourth-order valence-electron chi connectivity index (χ4n) is 2.91. The standard InChI is InChI=1S/C21H19ClN6O3S/c1-31-28-19(30)15-9-13(2-4-16(15)22)24-10-14-3-5-17-20(25-14)32-21(26-17)27-18-8-12(11-29)6-7-23-18/h2-9,24,29H,10-11H2,1H3,(H,28,30)(H,23,26,27). The topological polar surface area (TPSA) is 121 Å². The van der Waals surface area contributed by atoms with Crippen LogP contribution in [0.15, 0.2) is 48.7 Å². The third-order valence-corrected chi connectivity index (χ3v) is 5.64. The van der Waals surface area contributed by atoms with Crippen LogP contribution in [0.5, 0.6) is 0 Å². The van der Waals surface area contributed by atoms with Gasteiger partial charge in [0.1, 0.15) is 16.2 Å². The summed E-state index contributed by atoms with van der Waals surface area (Å²) in [5.41, 5.74) is 5.63. The zero-order valence-corrected chi connectivity index (χ0v) is 18.5. The summed E-state index contributed by atoms with van der Waals surface area (Å²) in [5.74, 6) is 0.179. The number of aromatic nitrogens is 3. The highest BCUT2D eigenvalue weighted by atomic mass is 35.5. The zero-order chi connectivity index (χ0) is 22.5. The highest BCUT2D eigenvalue weighted by Gasteiger charge is 2.12. The van der Waals surface area contributed by atoms with E-state index >= 15 is 0 Å². The molecule has 0 saturated carbocycles. The predicted molar refractivity (Wildman–Crippen MR) is 124 cm³/mol. The van der Waals surface area contributed by atoms with Gasteiger partial charge in [-0.3, -0.25) is 9.63 Å². The Kier molecular flexibility index (Phi) is 6.76. The lowest BCUT2D eigenvalue weighted by atomic mass is 10.2. The number of aliphatic hydroxyl groups excluding tert-OH is 1. The maximum Gasteiger partial charge on any atom is 0.276 e. The van der Waals surface area contributed by atoms with Gasteiger partial charge in [-0.15, -0.1) is 0 Å². The highest BCUT2D eigenvalue weighted by Crippen LogP contribution is 2.27. The first-order chi connectivity index (χ1) is 15.6. The number of fused-ring (bicyclic) bond motifs is 1. The number of carbonyl (C=O) groups excluding carboxylic acids is 1. The zero-order valence-electron chi connectivity index (χ0n) is 16.9. The minimum absolute atomic E-state index is 0.0544. The van der Waals surface area contributed by atoms with E-state index in [1.807, 2.05) is 12.1 Å². The maximum atomic E-state index is 12.0. The molecule has 0 saturated heterocycles. The van der Waals surface area contributed by atoms with Gasteiger partial charge in [-0.2, -0.15) is 0 Å². The number of thiazole rings is 1. The van der Waals surface area contributed by atoms with E-state index in [9.17, 15) is 9.90 Å². The first-order valence-electron chi connectivity index (χ1n) is 9.51. The van der Waals surface area contributed by atoms with Crippen LogP contribution < -0.4 is 16.1 Å². The van der Waals surface area contributed by atoms with Crippen molar-refractivity contribution in [2.24, 2.45) is 0 Å². The fraction of sp³-hybridized carbons (Fsp3) is 0.143. The molecular weight excluding hydrogens is 452 g/mol. The van der Waals surface area contributed by atoms with Gasteiger partial charge in [-0.1, -0.05) is 22.9 Å². The van der Waals surface area contributed by atoms with Crippen molar-refractivity contribution in [3.05, 3.63) is 70.5 Å². The molecule has 0 aliphatic rings. The van der Waals surface area contributed by atoms with Crippen molar-refractivity contribution >= 4 is 55.8 Å². The lowest BCUT2D eigenvalue weighted by Gasteiger charge is -2.09. The quantitative estimate of drug-likeness (QED) is 0.286. The molecule has 4 aromatic rings. The van der Waals surface area contributed by atoms with Gasteiger partial charge in [-0.05, 0) is 48.0 Å². The molecule has 1 amide bonds. The van der Waals surface area contributed by atoms with E-state index < -0.39 is 5.91 Å². The molecule has 3 heterocycles. The molecule has 0 bridgehead atoms. The predicted octanol–water partition coefficient (Wildman–Crippen LogP) is 3.88. The lowest BCUT2D eigenvalue weighted by Crippen LogP contribution is -2.22. The Morgan fingerprint density at radius 1 is 1.19 bits per heavy atom. The number of nitrogens with zero attached hydrogens (tertiary/aromatic N) is 3. The largest absolute Gasteiger partial charge is 0.392 e. The SMILES string of the molecule is CONC(=O)c1cc(NCc2ccc3nc(Nc4cc(CO)ccn4)sc3n2)ccc1Cl. The summed E-state index contributed by atoms with van der Waals surface area (Å²) in [7, 11) is 1.36. The van der Waals surface area contributed by atoms with Gasteiger partial charge in [0.05, 0.1) is 36.5 Å². The van der Waals surface area contributed by atoms with Crippen LogP contribution in [0.3, 0.4) is 0 Å². The van der Waals surface area contributed by atoms with Gasteiger partial charge < -0.3 is 15.7 Å². The molecule has 0 aliphatic carbocycles. The number of carbonyl (C=O) groups is 1. The van der Waals surface area contributed by atoms with Crippen molar-refractivity contribution < 1.29 is 14.7 Å². The third-order valence-electron chi connectivity index (χ3n) is 4.43. The van der Waals surface area contributed by atoms with Crippen LogP contribution in [0.4, 0.5) is 16.6 Å². The molecule has 32 heavy (non-hydrogen) atoms. The van der Waals surface area contributed by atoms with Gasteiger partial charge in [0, 0.05) is 11.9 Å². The first kappa shape index (κ1) is 21.9. The van der Waals surface area contributed by atoms with Crippen LogP contribution in [0, 0.1) is 0 Å². The number of pyridine rings is 2. The normalized spacial score (nSPS) is 10.8. The molecule has 0 unspecified atom stereocenters. The van der Waals surface area contributed by atoms with E-state index in [4.69, 9.17) is 11.6 Å². The average molecular weight is 471 g/mol. The first-order valence-corrected chi connectivity index (χ1v) is 10.7. The number of amides is 1. The Hall–Kier alpha value is -3.31. The van der Waals surface area contributed by atoms with Crippen LogP contribution in [-0.2, 0) is 18.0 Å². The van der Waals surface area contributed by atoms with Crippen molar-refractivity contribution in [2.75, 3.05) is 17.7 Å². The smallest absolute Gasteiger partial charge is 0.276 e. The van der Waals surface area contributed by atoms with Crippen molar-refractivity contribution in [2.45, 2.75) is 13.2 Å². The monoisotopic (exact) mass is 470 g/mol. The lowest BCUT2D eigenvalue weighted by molar-refractivity contribution is 0.0538. The van der Waals surface area contributed by atoms with Crippen LogP contribution in [-0.4, -0.2) is 33.1 Å². The molecule has 3 aromatic heterocycles. The summed E-state index contributed by atoms with van der Waals surface area (Å²) in [5, 5.41) is 16.6. The molecular formula is C21H19ClN6O3S. The summed E-state index contributed by atoms with van der Waals surface area (Å²) < 4.78 is 0.